The Morgan fingerprint density at radius 3 is 2.86 bits per heavy atom. The number of aromatic amines is 1. The number of halogens is 3. The van der Waals surface area contributed by atoms with Crippen molar-refractivity contribution in [3.8, 4) is 0 Å². The molecular formula is C16H9BrClFN2O. The molecule has 1 N–H and O–H groups in total. The number of para-hydroxylation sites is 1. The number of hydrogen-bond donors (Lipinski definition) is 1. The molecule has 0 saturated carbocycles. The van der Waals surface area contributed by atoms with Crippen LogP contribution >= 0.6 is 27.5 Å². The van der Waals surface area contributed by atoms with Crippen LogP contribution in [0.3, 0.4) is 0 Å². The van der Waals surface area contributed by atoms with E-state index in [4.69, 9.17) is 11.6 Å². The minimum absolute atomic E-state index is 0.153. The molecule has 0 radical (unpaired) electrons. The third-order valence-electron chi connectivity index (χ3n) is 3.08. The lowest BCUT2D eigenvalue weighted by atomic mass is 10.2. The first-order valence-electron chi connectivity index (χ1n) is 6.36. The first-order valence-corrected chi connectivity index (χ1v) is 7.53. The minimum Gasteiger partial charge on any atom is -0.305 e. The largest absolute Gasteiger partial charge is 0.305 e. The summed E-state index contributed by atoms with van der Waals surface area (Å²) in [4.78, 5) is 18.9. The Morgan fingerprint density at radius 1 is 1.27 bits per heavy atom. The molecule has 0 atom stereocenters. The monoisotopic (exact) mass is 378 g/mol. The van der Waals surface area contributed by atoms with Crippen molar-refractivity contribution in [3.05, 3.63) is 74.5 Å². The number of nitrogens with zero attached hydrogens (tertiary/aromatic N) is 1. The first kappa shape index (κ1) is 14.9. The molecule has 22 heavy (non-hydrogen) atoms. The van der Waals surface area contributed by atoms with Gasteiger partial charge in [-0.2, -0.15) is 0 Å². The van der Waals surface area contributed by atoms with Crippen molar-refractivity contribution in [3.63, 3.8) is 0 Å². The number of aromatic nitrogens is 2. The zero-order valence-corrected chi connectivity index (χ0v) is 13.5. The lowest BCUT2D eigenvalue weighted by molar-refractivity contribution is 0.625. The highest BCUT2D eigenvalue weighted by atomic mass is 79.9. The fourth-order valence-electron chi connectivity index (χ4n) is 2.03. The second kappa shape index (κ2) is 6.02. The molecule has 0 fully saturated rings. The van der Waals surface area contributed by atoms with Crippen LogP contribution in [-0.2, 0) is 0 Å². The van der Waals surface area contributed by atoms with E-state index in [1.165, 1.54) is 12.1 Å². The molecule has 0 aliphatic rings. The summed E-state index contributed by atoms with van der Waals surface area (Å²) in [6, 6.07) is 11.5. The fraction of sp³-hybridized carbons (Fsp3) is 0. The van der Waals surface area contributed by atoms with Crippen LogP contribution in [0.1, 0.15) is 11.4 Å². The van der Waals surface area contributed by atoms with Gasteiger partial charge >= 0.3 is 0 Å². The topological polar surface area (TPSA) is 45.8 Å². The molecule has 2 aromatic carbocycles. The van der Waals surface area contributed by atoms with E-state index in [-0.39, 0.29) is 16.4 Å². The number of nitrogens with one attached hydrogen (secondary N) is 1. The maximum atomic E-state index is 13.8. The van der Waals surface area contributed by atoms with Crippen LogP contribution in [0.25, 0.3) is 22.0 Å². The molecule has 3 rings (SSSR count). The number of H-pyrrole nitrogens is 1. The van der Waals surface area contributed by atoms with Gasteiger partial charge in [0.15, 0.2) is 5.82 Å². The Kier molecular flexibility index (Phi) is 4.09. The predicted molar refractivity (Wildman–Crippen MR) is 90.2 cm³/mol. The van der Waals surface area contributed by atoms with Gasteiger partial charge in [-0.15, -0.1) is 0 Å². The van der Waals surface area contributed by atoms with Crippen LogP contribution in [0.4, 0.5) is 4.39 Å². The smallest absolute Gasteiger partial charge is 0.259 e. The summed E-state index contributed by atoms with van der Waals surface area (Å²) in [5, 5.41) is 0.629. The van der Waals surface area contributed by atoms with Crippen molar-refractivity contribution in [2.75, 3.05) is 0 Å². The Labute approximate surface area is 138 Å². The van der Waals surface area contributed by atoms with Crippen LogP contribution in [-0.4, -0.2) is 9.97 Å². The van der Waals surface area contributed by atoms with Gasteiger partial charge in [0.2, 0.25) is 0 Å². The van der Waals surface area contributed by atoms with E-state index in [9.17, 15) is 9.18 Å². The van der Waals surface area contributed by atoms with Crippen molar-refractivity contribution < 1.29 is 4.39 Å². The van der Waals surface area contributed by atoms with E-state index in [0.717, 1.165) is 4.47 Å². The second-order valence-corrected chi connectivity index (χ2v) is 5.91. The SMILES string of the molecule is O=c1[nH]c(/C(Cl)=C/c2cc(Br)ccc2F)nc2ccccc12. The van der Waals surface area contributed by atoms with Gasteiger partial charge in [0.1, 0.15) is 5.82 Å². The molecule has 0 spiro atoms. The third kappa shape index (κ3) is 2.96. The molecule has 1 aromatic heterocycles. The molecule has 3 aromatic rings. The highest BCUT2D eigenvalue weighted by Crippen LogP contribution is 2.23. The molecular weight excluding hydrogens is 371 g/mol. The quantitative estimate of drug-likeness (QED) is 0.709. The maximum Gasteiger partial charge on any atom is 0.259 e. The third-order valence-corrected chi connectivity index (χ3v) is 3.86. The van der Waals surface area contributed by atoms with Crippen molar-refractivity contribution >= 4 is 49.5 Å². The summed E-state index contributed by atoms with van der Waals surface area (Å²) in [5.74, 6) is -0.214. The summed E-state index contributed by atoms with van der Waals surface area (Å²) in [6.45, 7) is 0. The van der Waals surface area contributed by atoms with Gasteiger partial charge in [0.25, 0.3) is 5.56 Å². The molecule has 1 heterocycles. The van der Waals surface area contributed by atoms with E-state index in [1.54, 1.807) is 36.4 Å². The van der Waals surface area contributed by atoms with Crippen LogP contribution in [0.15, 0.2) is 51.7 Å². The highest BCUT2D eigenvalue weighted by molar-refractivity contribution is 9.10. The summed E-state index contributed by atoms with van der Waals surface area (Å²) in [7, 11) is 0. The number of rotatable bonds is 2. The van der Waals surface area contributed by atoms with E-state index >= 15 is 0 Å². The molecule has 0 bridgehead atoms. The van der Waals surface area contributed by atoms with Gasteiger partial charge in [-0.25, -0.2) is 9.37 Å². The molecule has 0 aliphatic carbocycles. The molecule has 0 unspecified atom stereocenters. The van der Waals surface area contributed by atoms with Crippen LogP contribution in [0, 0.1) is 5.82 Å². The Balaban J connectivity index is 2.12. The number of fused-ring (bicyclic) bond motifs is 1. The number of benzene rings is 2. The van der Waals surface area contributed by atoms with Gasteiger partial charge in [-0.05, 0) is 36.4 Å². The first-order chi connectivity index (χ1) is 10.5. The van der Waals surface area contributed by atoms with Crippen LogP contribution < -0.4 is 5.56 Å². The van der Waals surface area contributed by atoms with Crippen molar-refractivity contribution in [1.29, 1.82) is 0 Å². The average Bonchev–Trinajstić information content (AvgIpc) is 2.51. The number of hydrogen-bond acceptors (Lipinski definition) is 2. The summed E-state index contributed by atoms with van der Waals surface area (Å²) in [6.07, 6.45) is 1.43. The normalized spacial score (nSPS) is 11.9. The Hall–Kier alpha value is -1.98. The zero-order chi connectivity index (χ0) is 15.7. The van der Waals surface area contributed by atoms with Gasteiger partial charge in [0, 0.05) is 10.0 Å². The molecule has 3 nitrogen and oxygen atoms in total. The molecule has 110 valence electrons. The molecule has 6 heteroatoms. The Morgan fingerprint density at radius 2 is 2.05 bits per heavy atom. The molecule has 0 saturated heterocycles. The van der Waals surface area contributed by atoms with E-state index in [0.29, 0.717) is 16.5 Å². The summed E-state index contributed by atoms with van der Waals surface area (Å²) >= 11 is 9.46. The van der Waals surface area contributed by atoms with Gasteiger partial charge in [-0.3, -0.25) is 4.79 Å². The van der Waals surface area contributed by atoms with Gasteiger partial charge < -0.3 is 4.98 Å². The van der Waals surface area contributed by atoms with Crippen LogP contribution in [0.2, 0.25) is 0 Å². The lowest BCUT2D eigenvalue weighted by Gasteiger charge is -2.03. The standard InChI is InChI=1S/C16H9BrClFN2O/c17-10-5-6-13(19)9(7-10)8-12(18)15-20-14-4-2-1-3-11(14)16(22)21-15/h1-8H,(H,20,21,22)/b12-8-. The summed E-state index contributed by atoms with van der Waals surface area (Å²) < 4.78 is 14.5. The zero-order valence-electron chi connectivity index (χ0n) is 11.1. The summed E-state index contributed by atoms with van der Waals surface area (Å²) in [5.41, 5.74) is 0.541. The minimum atomic E-state index is -0.413. The van der Waals surface area contributed by atoms with Gasteiger partial charge in [-0.1, -0.05) is 39.7 Å². The van der Waals surface area contributed by atoms with Crippen molar-refractivity contribution in [2.24, 2.45) is 0 Å². The maximum absolute atomic E-state index is 13.8. The van der Waals surface area contributed by atoms with Crippen molar-refractivity contribution in [2.45, 2.75) is 0 Å². The predicted octanol–water partition coefficient (Wildman–Crippen LogP) is 4.56. The van der Waals surface area contributed by atoms with E-state index in [1.807, 2.05) is 0 Å². The van der Waals surface area contributed by atoms with Crippen molar-refractivity contribution in [1.82, 2.24) is 9.97 Å². The average molecular weight is 380 g/mol. The molecule has 0 aliphatic heterocycles. The van der Waals surface area contributed by atoms with E-state index in [2.05, 4.69) is 25.9 Å². The van der Waals surface area contributed by atoms with Gasteiger partial charge in [0.05, 0.1) is 15.9 Å². The highest BCUT2D eigenvalue weighted by Gasteiger charge is 2.08. The van der Waals surface area contributed by atoms with E-state index < -0.39 is 5.82 Å². The van der Waals surface area contributed by atoms with Crippen LogP contribution in [0.5, 0.6) is 0 Å². The second-order valence-electron chi connectivity index (χ2n) is 4.59. The fourth-order valence-corrected chi connectivity index (χ4v) is 2.62. The lowest BCUT2D eigenvalue weighted by Crippen LogP contribution is -2.10. The molecule has 0 amide bonds. The Bertz CT molecular complexity index is 952.